The van der Waals surface area contributed by atoms with Crippen LogP contribution in [0.5, 0.6) is 0 Å². The first-order chi connectivity index (χ1) is 9.47. The van der Waals surface area contributed by atoms with Gasteiger partial charge in [-0.05, 0) is 30.3 Å². The molecule has 0 bridgehead atoms. The molecular weight excluding hydrogens is 304 g/mol. The van der Waals surface area contributed by atoms with Crippen LogP contribution in [0.25, 0.3) is 0 Å². The van der Waals surface area contributed by atoms with Crippen molar-refractivity contribution >= 4 is 34.9 Å². The van der Waals surface area contributed by atoms with Gasteiger partial charge in [0.05, 0.1) is 10.6 Å². The standard InChI is InChI=1S/C14H10Cl2FNO2/c15-9-2-1-8(13(17)5-9)7-20-14(19)11-4-3-10(18)6-12(11)16/h1-6H,7,18H2. The molecule has 0 aliphatic heterocycles. The molecule has 0 saturated heterocycles. The minimum Gasteiger partial charge on any atom is -0.457 e. The highest BCUT2D eigenvalue weighted by Crippen LogP contribution is 2.21. The summed E-state index contributed by atoms with van der Waals surface area (Å²) < 4.78 is 18.5. The average molecular weight is 314 g/mol. The minimum atomic E-state index is -0.649. The average Bonchev–Trinajstić information content (AvgIpc) is 2.37. The van der Waals surface area contributed by atoms with Gasteiger partial charge in [0.25, 0.3) is 0 Å². The summed E-state index contributed by atoms with van der Waals surface area (Å²) in [4.78, 5) is 11.8. The Bertz CT molecular complexity index is 662. The lowest BCUT2D eigenvalue weighted by Crippen LogP contribution is -2.07. The summed E-state index contributed by atoms with van der Waals surface area (Å²) in [6, 6.07) is 8.56. The second-order valence-electron chi connectivity index (χ2n) is 4.05. The molecule has 0 aliphatic carbocycles. The van der Waals surface area contributed by atoms with E-state index >= 15 is 0 Å². The Kier molecular flexibility index (Phi) is 4.47. The molecule has 0 fully saturated rings. The van der Waals surface area contributed by atoms with Crippen molar-refractivity contribution in [3.8, 4) is 0 Å². The largest absolute Gasteiger partial charge is 0.457 e. The maximum atomic E-state index is 13.5. The first-order valence-electron chi connectivity index (χ1n) is 5.63. The Balaban J connectivity index is 2.08. The summed E-state index contributed by atoms with van der Waals surface area (Å²) in [6.07, 6.45) is 0. The van der Waals surface area contributed by atoms with Gasteiger partial charge in [0.2, 0.25) is 0 Å². The first-order valence-corrected chi connectivity index (χ1v) is 6.39. The molecule has 2 aromatic carbocycles. The SMILES string of the molecule is Nc1ccc(C(=O)OCc2ccc(Cl)cc2F)c(Cl)c1. The zero-order valence-corrected chi connectivity index (χ0v) is 11.7. The molecule has 0 amide bonds. The van der Waals surface area contributed by atoms with Crippen LogP contribution in [0.1, 0.15) is 15.9 Å². The highest BCUT2D eigenvalue weighted by atomic mass is 35.5. The zero-order chi connectivity index (χ0) is 14.7. The van der Waals surface area contributed by atoms with E-state index in [1.165, 1.54) is 30.3 Å². The number of halogens is 3. The van der Waals surface area contributed by atoms with E-state index in [-0.39, 0.29) is 27.8 Å². The number of nitrogen functional groups attached to an aromatic ring is 1. The Labute approximate surface area is 125 Å². The predicted octanol–water partition coefficient (Wildman–Crippen LogP) is 4.07. The summed E-state index contributed by atoms with van der Waals surface area (Å²) >= 11 is 11.5. The first kappa shape index (κ1) is 14.6. The number of anilines is 1. The van der Waals surface area contributed by atoms with Crippen LogP contribution in [0.2, 0.25) is 10.0 Å². The fourth-order valence-corrected chi connectivity index (χ4v) is 1.98. The molecule has 104 valence electrons. The molecule has 0 radical (unpaired) electrons. The number of ether oxygens (including phenoxy) is 1. The molecule has 0 aliphatic rings. The molecule has 0 saturated carbocycles. The monoisotopic (exact) mass is 313 g/mol. The lowest BCUT2D eigenvalue weighted by atomic mass is 10.2. The van der Waals surface area contributed by atoms with E-state index < -0.39 is 11.8 Å². The van der Waals surface area contributed by atoms with Crippen LogP contribution in [0.3, 0.4) is 0 Å². The molecule has 0 spiro atoms. The van der Waals surface area contributed by atoms with Crippen LogP contribution in [0, 0.1) is 5.82 Å². The van der Waals surface area contributed by atoms with Gasteiger partial charge in [0.1, 0.15) is 12.4 Å². The van der Waals surface area contributed by atoms with Gasteiger partial charge in [-0.3, -0.25) is 0 Å². The van der Waals surface area contributed by atoms with Crippen LogP contribution >= 0.6 is 23.2 Å². The Hall–Kier alpha value is -1.78. The van der Waals surface area contributed by atoms with Gasteiger partial charge in [-0.1, -0.05) is 29.3 Å². The molecule has 0 heterocycles. The Morgan fingerprint density at radius 3 is 2.60 bits per heavy atom. The smallest absolute Gasteiger partial charge is 0.339 e. The van der Waals surface area contributed by atoms with Gasteiger partial charge in [0.15, 0.2) is 0 Å². The molecule has 3 nitrogen and oxygen atoms in total. The minimum absolute atomic E-state index is 0.176. The van der Waals surface area contributed by atoms with E-state index in [2.05, 4.69) is 0 Å². The number of carbonyl (C=O) groups is 1. The van der Waals surface area contributed by atoms with E-state index in [1.807, 2.05) is 0 Å². The number of nitrogens with two attached hydrogens (primary N) is 1. The highest BCUT2D eigenvalue weighted by molar-refractivity contribution is 6.33. The number of hydrogen-bond donors (Lipinski definition) is 1. The Morgan fingerprint density at radius 1 is 1.20 bits per heavy atom. The van der Waals surface area contributed by atoms with Crippen LogP contribution in [-0.4, -0.2) is 5.97 Å². The Morgan fingerprint density at radius 2 is 1.95 bits per heavy atom. The lowest BCUT2D eigenvalue weighted by Gasteiger charge is -2.08. The van der Waals surface area contributed by atoms with Crippen molar-refractivity contribution in [1.82, 2.24) is 0 Å². The van der Waals surface area contributed by atoms with Gasteiger partial charge in [0, 0.05) is 16.3 Å². The normalized spacial score (nSPS) is 10.3. The summed E-state index contributed by atoms with van der Waals surface area (Å²) in [7, 11) is 0. The number of benzene rings is 2. The van der Waals surface area contributed by atoms with Crippen LogP contribution in [-0.2, 0) is 11.3 Å². The molecular formula is C14H10Cl2FNO2. The molecule has 0 atom stereocenters. The third kappa shape index (κ3) is 3.40. The van der Waals surface area contributed by atoms with E-state index in [0.29, 0.717) is 5.69 Å². The molecule has 2 aromatic rings. The molecule has 6 heteroatoms. The highest BCUT2D eigenvalue weighted by Gasteiger charge is 2.13. The number of hydrogen-bond acceptors (Lipinski definition) is 3. The van der Waals surface area contributed by atoms with Crippen molar-refractivity contribution < 1.29 is 13.9 Å². The number of esters is 1. The van der Waals surface area contributed by atoms with Crippen LogP contribution in [0.4, 0.5) is 10.1 Å². The van der Waals surface area contributed by atoms with Crippen molar-refractivity contribution in [3.63, 3.8) is 0 Å². The second kappa shape index (κ2) is 6.11. The summed E-state index contributed by atoms with van der Waals surface area (Å²) in [5.74, 6) is -1.18. The zero-order valence-electron chi connectivity index (χ0n) is 10.2. The van der Waals surface area contributed by atoms with Gasteiger partial charge >= 0.3 is 5.97 Å². The quantitative estimate of drug-likeness (QED) is 0.686. The van der Waals surface area contributed by atoms with Crippen molar-refractivity contribution in [2.75, 3.05) is 5.73 Å². The van der Waals surface area contributed by atoms with Crippen LogP contribution in [0.15, 0.2) is 36.4 Å². The fourth-order valence-electron chi connectivity index (χ4n) is 1.56. The molecule has 0 aromatic heterocycles. The number of carbonyl (C=O) groups excluding carboxylic acids is 1. The van der Waals surface area contributed by atoms with E-state index in [0.717, 1.165) is 6.07 Å². The summed E-state index contributed by atoms with van der Waals surface area (Å²) in [6.45, 7) is -0.206. The van der Waals surface area contributed by atoms with E-state index in [4.69, 9.17) is 33.7 Å². The van der Waals surface area contributed by atoms with Crippen molar-refractivity contribution in [3.05, 3.63) is 63.4 Å². The fraction of sp³-hybridized carbons (Fsp3) is 0.0714. The van der Waals surface area contributed by atoms with Gasteiger partial charge in [-0.15, -0.1) is 0 Å². The lowest BCUT2D eigenvalue weighted by molar-refractivity contribution is 0.0469. The third-order valence-corrected chi connectivity index (χ3v) is 3.13. The van der Waals surface area contributed by atoms with Crippen molar-refractivity contribution in [2.24, 2.45) is 0 Å². The van der Waals surface area contributed by atoms with E-state index in [1.54, 1.807) is 0 Å². The van der Waals surface area contributed by atoms with Crippen LogP contribution < -0.4 is 5.73 Å². The van der Waals surface area contributed by atoms with Gasteiger partial charge in [-0.25, -0.2) is 9.18 Å². The summed E-state index contributed by atoms with van der Waals surface area (Å²) in [5, 5.41) is 0.464. The van der Waals surface area contributed by atoms with E-state index in [9.17, 15) is 9.18 Å². The summed E-state index contributed by atoms with van der Waals surface area (Å²) in [5.41, 5.74) is 6.38. The number of rotatable bonds is 3. The molecule has 0 unspecified atom stereocenters. The maximum absolute atomic E-state index is 13.5. The van der Waals surface area contributed by atoms with Crippen molar-refractivity contribution in [2.45, 2.75) is 6.61 Å². The van der Waals surface area contributed by atoms with Gasteiger partial charge < -0.3 is 10.5 Å². The second-order valence-corrected chi connectivity index (χ2v) is 4.89. The predicted molar refractivity (Wildman–Crippen MR) is 76.4 cm³/mol. The van der Waals surface area contributed by atoms with Gasteiger partial charge in [-0.2, -0.15) is 0 Å². The molecule has 2 N–H and O–H groups in total. The molecule has 20 heavy (non-hydrogen) atoms. The third-order valence-electron chi connectivity index (χ3n) is 2.59. The maximum Gasteiger partial charge on any atom is 0.339 e. The topological polar surface area (TPSA) is 52.3 Å². The van der Waals surface area contributed by atoms with Crippen molar-refractivity contribution in [1.29, 1.82) is 0 Å². The molecule has 2 rings (SSSR count).